The molecule has 0 radical (unpaired) electrons. The van der Waals surface area contributed by atoms with E-state index in [0.717, 1.165) is 29.0 Å². The van der Waals surface area contributed by atoms with E-state index in [1.165, 1.54) is 11.1 Å². The quantitative estimate of drug-likeness (QED) is 0.775. The number of aromatic amines is 1. The largest absolute Gasteiger partial charge is 0.497 e. The first-order valence-electron chi connectivity index (χ1n) is 6.33. The van der Waals surface area contributed by atoms with Crippen LogP contribution < -0.4 is 4.74 Å². The number of nitrogens with zero attached hydrogens (tertiary/aromatic N) is 1. The molecule has 3 aromatic rings. The van der Waals surface area contributed by atoms with Crippen molar-refractivity contribution >= 4 is 11.0 Å². The monoisotopic (exact) mass is 252 g/mol. The van der Waals surface area contributed by atoms with Gasteiger partial charge in [-0.25, -0.2) is 4.98 Å². The van der Waals surface area contributed by atoms with Gasteiger partial charge in [0, 0.05) is 6.42 Å². The summed E-state index contributed by atoms with van der Waals surface area (Å²) in [7, 11) is 1.68. The minimum Gasteiger partial charge on any atom is -0.497 e. The zero-order valence-corrected chi connectivity index (χ0v) is 11.1. The van der Waals surface area contributed by atoms with E-state index in [4.69, 9.17) is 4.74 Å². The van der Waals surface area contributed by atoms with Crippen LogP contribution in [0.1, 0.15) is 17.0 Å². The van der Waals surface area contributed by atoms with E-state index in [0.29, 0.717) is 0 Å². The predicted molar refractivity (Wildman–Crippen MR) is 76.6 cm³/mol. The Kier molecular flexibility index (Phi) is 2.95. The number of aromatic nitrogens is 2. The summed E-state index contributed by atoms with van der Waals surface area (Å²) in [5, 5.41) is 0. The fourth-order valence-electron chi connectivity index (χ4n) is 2.20. The van der Waals surface area contributed by atoms with Gasteiger partial charge < -0.3 is 9.72 Å². The number of aryl methyl sites for hydroxylation is 1. The molecule has 0 atom stereocenters. The summed E-state index contributed by atoms with van der Waals surface area (Å²) in [5.41, 5.74) is 4.58. The summed E-state index contributed by atoms with van der Waals surface area (Å²) in [6, 6.07) is 14.3. The second-order valence-electron chi connectivity index (χ2n) is 4.73. The van der Waals surface area contributed by atoms with Crippen LogP contribution in [0.2, 0.25) is 0 Å². The molecule has 0 saturated heterocycles. The van der Waals surface area contributed by atoms with Crippen LogP contribution in [0.5, 0.6) is 5.75 Å². The first kappa shape index (κ1) is 11.8. The van der Waals surface area contributed by atoms with E-state index in [-0.39, 0.29) is 0 Å². The lowest BCUT2D eigenvalue weighted by Crippen LogP contribution is -1.91. The minimum atomic E-state index is 0.803. The van der Waals surface area contributed by atoms with Gasteiger partial charge in [-0.15, -0.1) is 0 Å². The zero-order chi connectivity index (χ0) is 13.2. The van der Waals surface area contributed by atoms with E-state index in [1.54, 1.807) is 7.11 Å². The Balaban J connectivity index is 1.87. The maximum Gasteiger partial charge on any atom is 0.118 e. The highest BCUT2D eigenvalue weighted by Gasteiger charge is 2.04. The summed E-state index contributed by atoms with van der Waals surface area (Å²) >= 11 is 0. The normalized spacial score (nSPS) is 10.8. The highest BCUT2D eigenvalue weighted by atomic mass is 16.5. The van der Waals surface area contributed by atoms with Crippen molar-refractivity contribution in [1.82, 2.24) is 9.97 Å². The van der Waals surface area contributed by atoms with Crippen molar-refractivity contribution < 1.29 is 4.74 Å². The van der Waals surface area contributed by atoms with E-state index in [9.17, 15) is 0 Å². The molecular formula is C16H16N2O. The average Bonchev–Trinajstić information content (AvgIpc) is 2.81. The highest BCUT2D eigenvalue weighted by molar-refractivity contribution is 5.75. The predicted octanol–water partition coefficient (Wildman–Crippen LogP) is 3.47. The second kappa shape index (κ2) is 4.76. The maximum absolute atomic E-state index is 5.16. The Bertz CT molecular complexity index is 698. The van der Waals surface area contributed by atoms with Crippen molar-refractivity contribution in [3.8, 4) is 5.75 Å². The molecule has 1 heterocycles. The van der Waals surface area contributed by atoms with Crippen LogP contribution in [0.25, 0.3) is 11.0 Å². The number of methoxy groups -OCH3 is 1. The summed E-state index contributed by atoms with van der Waals surface area (Å²) in [6.07, 6.45) is 0.803. The molecule has 0 unspecified atom stereocenters. The molecular weight excluding hydrogens is 236 g/mol. The number of fused-ring (bicyclic) bond motifs is 1. The second-order valence-corrected chi connectivity index (χ2v) is 4.73. The number of hydrogen-bond donors (Lipinski definition) is 1. The summed E-state index contributed by atoms with van der Waals surface area (Å²) in [5.74, 6) is 1.87. The third kappa shape index (κ3) is 2.45. The molecule has 2 aromatic carbocycles. The number of hydrogen-bond acceptors (Lipinski definition) is 2. The van der Waals surface area contributed by atoms with Crippen molar-refractivity contribution in [1.29, 1.82) is 0 Å². The van der Waals surface area contributed by atoms with Gasteiger partial charge in [0.25, 0.3) is 0 Å². The van der Waals surface area contributed by atoms with Crippen LogP contribution in [-0.2, 0) is 6.42 Å². The molecule has 1 aromatic heterocycles. The fourth-order valence-corrected chi connectivity index (χ4v) is 2.20. The fraction of sp³-hybridized carbons (Fsp3) is 0.188. The van der Waals surface area contributed by atoms with Crippen LogP contribution in [0.3, 0.4) is 0 Å². The molecule has 0 saturated carbocycles. The van der Waals surface area contributed by atoms with Crippen molar-refractivity contribution in [2.24, 2.45) is 0 Å². The van der Waals surface area contributed by atoms with Crippen molar-refractivity contribution in [2.75, 3.05) is 7.11 Å². The first-order valence-corrected chi connectivity index (χ1v) is 6.33. The lowest BCUT2D eigenvalue weighted by molar-refractivity contribution is 0.414. The van der Waals surface area contributed by atoms with E-state index in [2.05, 4.69) is 47.2 Å². The standard InChI is InChI=1S/C16H16N2O/c1-11-3-8-14-15(9-11)18-16(17-14)10-12-4-6-13(19-2)7-5-12/h3-9H,10H2,1-2H3,(H,17,18). The number of H-pyrrole nitrogens is 1. The van der Waals surface area contributed by atoms with Gasteiger partial charge in [0.2, 0.25) is 0 Å². The number of ether oxygens (including phenoxy) is 1. The molecule has 0 amide bonds. The first-order chi connectivity index (χ1) is 9.24. The molecule has 3 rings (SSSR count). The maximum atomic E-state index is 5.16. The molecule has 1 N–H and O–H groups in total. The van der Waals surface area contributed by atoms with Gasteiger partial charge in [-0.05, 0) is 42.3 Å². The molecule has 3 nitrogen and oxygen atoms in total. The van der Waals surface area contributed by atoms with Crippen LogP contribution in [0.4, 0.5) is 0 Å². The SMILES string of the molecule is COc1ccc(Cc2nc3ccc(C)cc3[nH]2)cc1. The smallest absolute Gasteiger partial charge is 0.118 e. The Morgan fingerprint density at radius 2 is 1.89 bits per heavy atom. The van der Waals surface area contributed by atoms with Crippen molar-refractivity contribution in [2.45, 2.75) is 13.3 Å². The van der Waals surface area contributed by atoms with E-state index >= 15 is 0 Å². The van der Waals surface area contributed by atoms with Crippen molar-refractivity contribution in [3.05, 3.63) is 59.4 Å². The van der Waals surface area contributed by atoms with Crippen LogP contribution in [0, 0.1) is 6.92 Å². The number of nitrogens with one attached hydrogen (secondary N) is 1. The zero-order valence-electron chi connectivity index (χ0n) is 11.1. The molecule has 0 aliphatic rings. The third-order valence-corrected chi connectivity index (χ3v) is 3.22. The summed E-state index contributed by atoms with van der Waals surface area (Å²) in [4.78, 5) is 7.98. The Morgan fingerprint density at radius 1 is 1.11 bits per heavy atom. The minimum absolute atomic E-state index is 0.803. The van der Waals surface area contributed by atoms with Crippen LogP contribution in [0.15, 0.2) is 42.5 Å². The average molecular weight is 252 g/mol. The van der Waals surface area contributed by atoms with Gasteiger partial charge in [-0.3, -0.25) is 0 Å². The van der Waals surface area contributed by atoms with E-state index < -0.39 is 0 Å². The van der Waals surface area contributed by atoms with Gasteiger partial charge in [-0.2, -0.15) is 0 Å². The molecule has 0 aliphatic heterocycles. The lowest BCUT2D eigenvalue weighted by atomic mass is 10.1. The number of rotatable bonds is 3. The molecule has 0 spiro atoms. The molecule has 0 fully saturated rings. The molecule has 19 heavy (non-hydrogen) atoms. The Morgan fingerprint density at radius 3 is 2.63 bits per heavy atom. The van der Waals surface area contributed by atoms with Crippen LogP contribution in [-0.4, -0.2) is 17.1 Å². The number of imidazole rings is 1. The molecule has 0 aliphatic carbocycles. The van der Waals surface area contributed by atoms with Crippen molar-refractivity contribution in [3.63, 3.8) is 0 Å². The molecule has 3 heteroatoms. The van der Waals surface area contributed by atoms with Crippen LogP contribution >= 0.6 is 0 Å². The Labute approximate surface area is 112 Å². The summed E-state index contributed by atoms with van der Waals surface area (Å²) in [6.45, 7) is 2.09. The van der Waals surface area contributed by atoms with Gasteiger partial charge >= 0.3 is 0 Å². The van der Waals surface area contributed by atoms with Gasteiger partial charge in [-0.1, -0.05) is 18.2 Å². The Hall–Kier alpha value is -2.29. The van der Waals surface area contributed by atoms with Gasteiger partial charge in [0.05, 0.1) is 18.1 Å². The molecule has 96 valence electrons. The van der Waals surface area contributed by atoms with Gasteiger partial charge in [0.1, 0.15) is 11.6 Å². The van der Waals surface area contributed by atoms with E-state index in [1.807, 2.05) is 12.1 Å². The molecule has 0 bridgehead atoms. The van der Waals surface area contributed by atoms with Gasteiger partial charge in [0.15, 0.2) is 0 Å². The third-order valence-electron chi connectivity index (χ3n) is 3.22. The number of benzene rings is 2. The summed E-state index contributed by atoms with van der Waals surface area (Å²) < 4.78 is 5.16. The lowest BCUT2D eigenvalue weighted by Gasteiger charge is -2.01. The topological polar surface area (TPSA) is 37.9 Å². The highest BCUT2D eigenvalue weighted by Crippen LogP contribution is 2.17.